The topological polar surface area (TPSA) is 72.2 Å². The zero-order chi connectivity index (χ0) is 19.0. The molecule has 4 rings (SSSR count). The van der Waals surface area contributed by atoms with Crippen LogP contribution >= 0.6 is 15.9 Å². The van der Waals surface area contributed by atoms with E-state index in [1.54, 1.807) is 6.07 Å². The van der Waals surface area contributed by atoms with Crippen molar-refractivity contribution in [1.29, 1.82) is 0 Å². The third kappa shape index (κ3) is 3.46. The Morgan fingerprint density at radius 1 is 1.07 bits per heavy atom. The molecule has 0 aliphatic carbocycles. The molecular formula is C20H16BrN5O. The summed E-state index contributed by atoms with van der Waals surface area (Å²) in [5.74, 6) is 0.641. The lowest BCUT2D eigenvalue weighted by Crippen LogP contribution is -2.17. The van der Waals surface area contributed by atoms with Gasteiger partial charge in [0.1, 0.15) is 11.5 Å². The van der Waals surface area contributed by atoms with Crippen LogP contribution in [0.5, 0.6) is 0 Å². The van der Waals surface area contributed by atoms with Gasteiger partial charge in [0, 0.05) is 28.1 Å². The first-order valence-electron chi connectivity index (χ1n) is 8.37. The van der Waals surface area contributed by atoms with Gasteiger partial charge in [0.15, 0.2) is 0 Å². The fraction of sp³-hybridized carbons (Fsp3) is 0.100. The highest BCUT2D eigenvalue weighted by Gasteiger charge is 2.15. The summed E-state index contributed by atoms with van der Waals surface area (Å²) in [5.41, 5.74) is 3.76. The van der Waals surface area contributed by atoms with Gasteiger partial charge in [0.05, 0.1) is 5.69 Å². The molecule has 6 nitrogen and oxygen atoms in total. The van der Waals surface area contributed by atoms with Crippen LogP contribution in [0.2, 0.25) is 0 Å². The number of hydrogen-bond donors (Lipinski definition) is 1. The molecule has 0 saturated heterocycles. The molecule has 3 heterocycles. The number of benzene rings is 1. The lowest BCUT2D eigenvalue weighted by atomic mass is 10.2. The number of nitrogens with zero attached hydrogens (tertiary/aromatic N) is 4. The van der Waals surface area contributed by atoms with Crippen molar-refractivity contribution in [3.63, 3.8) is 0 Å². The van der Waals surface area contributed by atoms with Crippen LogP contribution in [-0.2, 0) is 0 Å². The average molecular weight is 422 g/mol. The number of hydrogen-bond acceptors (Lipinski definition) is 4. The molecule has 0 radical (unpaired) electrons. The summed E-state index contributed by atoms with van der Waals surface area (Å²) in [6.45, 7) is 3.70. The number of anilines is 1. The van der Waals surface area contributed by atoms with Gasteiger partial charge in [-0.25, -0.2) is 9.97 Å². The zero-order valence-corrected chi connectivity index (χ0v) is 16.4. The van der Waals surface area contributed by atoms with Gasteiger partial charge in [-0.15, -0.1) is 0 Å². The van der Waals surface area contributed by atoms with Crippen LogP contribution in [0, 0.1) is 13.8 Å². The molecule has 0 bridgehead atoms. The maximum Gasteiger partial charge on any atom is 0.275 e. The van der Waals surface area contributed by atoms with E-state index in [9.17, 15) is 4.79 Å². The molecule has 1 N–H and O–H groups in total. The molecule has 1 amide bonds. The summed E-state index contributed by atoms with van der Waals surface area (Å²) < 4.78 is 2.68. The maximum absolute atomic E-state index is 12.6. The Morgan fingerprint density at radius 2 is 1.85 bits per heavy atom. The minimum atomic E-state index is -0.302. The molecule has 3 aromatic heterocycles. The van der Waals surface area contributed by atoms with Crippen LogP contribution in [-0.4, -0.2) is 25.3 Å². The Morgan fingerprint density at radius 3 is 2.63 bits per heavy atom. The number of aryl methyl sites for hydroxylation is 1. The second-order valence-corrected chi connectivity index (χ2v) is 7.04. The predicted octanol–water partition coefficient (Wildman–Crippen LogP) is 4.42. The van der Waals surface area contributed by atoms with Gasteiger partial charge in [0.2, 0.25) is 5.78 Å². The average Bonchev–Trinajstić information content (AvgIpc) is 3.08. The number of aromatic nitrogens is 4. The van der Waals surface area contributed by atoms with Crippen molar-refractivity contribution >= 4 is 33.4 Å². The quantitative estimate of drug-likeness (QED) is 0.531. The fourth-order valence-electron chi connectivity index (χ4n) is 2.78. The lowest BCUT2D eigenvalue weighted by molar-refractivity contribution is 0.102. The molecule has 0 aliphatic heterocycles. The fourth-order valence-corrected chi connectivity index (χ4v) is 3.30. The van der Waals surface area contributed by atoms with Crippen molar-refractivity contribution in [3.05, 3.63) is 76.3 Å². The predicted molar refractivity (Wildman–Crippen MR) is 108 cm³/mol. The largest absolute Gasteiger partial charge is 0.305 e. The van der Waals surface area contributed by atoms with Gasteiger partial charge in [-0.05, 0) is 31.5 Å². The third-order valence-corrected chi connectivity index (χ3v) is 5.01. The summed E-state index contributed by atoms with van der Waals surface area (Å²) in [4.78, 5) is 26.0. The molecule has 0 aliphatic rings. The van der Waals surface area contributed by atoms with Crippen LogP contribution in [0.15, 0.2) is 59.3 Å². The normalized spacial score (nSPS) is 10.9. The van der Waals surface area contributed by atoms with Crippen LogP contribution in [0.25, 0.3) is 17.0 Å². The van der Waals surface area contributed by atoms with Crippen molar-refractivity contribution < 1.29 is 4.79 Å². The van der Waals surface area contributed by atoms with Crippen molar-refractivity contribution in [2.24, 2.45) is 0 Å². The second-order valence-electron chi connectivity index (χ2n) is 6.19. The number of pyridine rings is 1. The summed E-state index contributed by atoms with van der Waals surface area (Å²) in [6, 6.07) is 13.5. The Labute approximate surface area is 164 Å². The van der Waals surface area contributed by atoms with Gasteiger partial charge >= 0.3 is 0 Å². The number of rotatable bonds is 3. The first kappa shape index (κ1) is 17.4. The highest BCUT2D eigenvalue weighted by Crippen LogP contribution is 2.21. The first-order chi connectivity index (χ1) is 13.0. The van der Waals surface area contributed by atoms with Gasteiger partial charge < -0.3 is 5.32 Å². The number of imidazole rings is 1. The standard InChI is InChI=1S/C20H16BrN5O/c1-12-10-15(21)13(2)18(22-12)19(27)24-17-8-9-26-11-16(23-20(26)25-17)14-6-4-3-5-7-14/h3-11H,1-2H3,(H,23,24,25,27). The molecule has 0 saturated carbocycles. The molecule has 0 unspecified atom stereocenters. The highest BCUT2D eigenvalue weighted by molar-refractivity contribution is 9.10. The van der Waals surface area contributed by atoms with Gasteiger partial charge in [0.25, 0.3) is 5.91 Å². The number of halogens is 1. The number of nitrogens with one attached hydrogen (secondary N) is 1. The van der Waals surface area contributed by atoms with Crippen molar-refractivity contribution in [3.8, 4) is 11.3 Å². The third-order valence-electron chi connectivity index (χ3n) is 4.19. The monoisotopic (exact) mass is 421 g/mol. The van der Waals surface area contributed by atoms with Gasteiger partial charge in [-0.3, -0.25) is 9.20 Å². The van der Waals surface area contributed by atoms with Crippen LogP contribution in [0.4, 0.5) is 5.82 Å². The maximum atomic E-state index is 12.6. The van der Waals surface area contributed by atoms with Gasteiger partial charge in [-0.2, -0.15) is 4.98 Å². The van der Waals surface area contributed by atoms with Crippen LogP contribution in [0.1, 0.15) is 21.7 Å². The number of amides is 1. The summed E-state index contributed by atoms with van der Waals surface area (Å²) >= 11 is 3.46. The molecule has 134 valence electrons. The van der Waals surface area contributed by atoms with E-state index >= 15 is 0 Å². The molecule has 4 aromatic rings. The molecule has 0 fully saturated rings. The van der Waals surface area contributed by atoms with E-state index in [4.69, 9.17) is 0 Å². The molecule has 7 heteroatoms. The van der Waals surface area contributed by atoms with Crippen molar-refractivity contribution in [1.82, 2.24) is 19.4 Å². The smallest absolute Gasteiger partial charge is 0.275 e. The zero-order valence-electron chi connectivity index (χ0n) is 14.8. The van der Waals surface area contributed by atoms with E-state index in [0.29, 0.717) is 17.3 Å². The summed E-state index contributed by atoms with van der Waals surface area (Å²) in [7, 11) is 0. The van der Waals surface area contributed by atoms with Crippen molar-refractivity contribution in [2.45, 2.75) is 13.8 Å². The molecule has 1 aromatic carbocycles. The Kier molecular flexibility index (Phi) is 4.45. The van der Waals surface area contributed by atoms with E-state index in [1.807, 2.05) is 67.0 Å². The number of carbonyl (C=O) groups excluding carboxylic acids is 1. The highest BCUT2D eigenvalue weighted by atomic mass is 79.9. The SMILES string of the molecule is Cc1cc(Br)c(C)c(C(=O)Nc2ccn3cc(-c4ccccc4)nc3n2)n1. The van der Waals surface area contributed by atoms with E-state index in [-0.39, 0.29) is 5.91 Å². The molecular weight excluding hydrogens is 406 g/mol. The summed E-state index contributed by atoms with van der Waals surface area (Å²) in [6.07, 6.45) is 3.73. The van der Waals surface area contributed by atoms with E-state index < -0.39 is 0 Å². The van der Waals surface area contributed by atoms with Crippen LogP contribution in [0.3, 0.4) is 0 Å². The van der Waals surface area contributed by atoms with Crippen LogP contribution < -0.4 is 5.32 Å². The Balaban J connectivity index is 1.64. The number of carbonyl (C=O) groups is 1. The molecule has 0 atom stereocenters. The van der Waals surface area contributed by atoms with E-state index in [0.717, 1.165) is 27.0 Å². The van der Waals surface area contributed by atoms with E-state index in [1.165, 1.54) is 0 Å². The molecule has 0 spiro atoms. The number of fused-ring (bicyclic) bond motifs is 1. The van der Waals surface area contributed by atoms with Crippen molar-refractivity contribution in [2.75, 3.05) is 5.32 Å². The second kappa shape index (κ2) is 6.92. The molecule has 27 heavy (non-hydrogen) atoms. The minimum Gasteiger partial charge on any atom is -0.305 e. The lowest BCUT2D eigenvalue weighted by Gasteiger charge is -2.09. The first-order valence-corrected chi connectivity index (χ1v) is 9.17. The Hall–Kier alpha value is -3.06. The van der Waals surface area contributed by atoms with Gasteiger partial charge in [-0.1, -0.05) is 46.3 Å². The Bertz CT molecular complexity index is 1150. The van der Waals surface area contributed by atoms with E-state index in [2.05, 4.69) is 36.2 Å². The summed E-state index contributed by atoms with van der Waals surface area (Å²) in [5, 5.41) is 2.81. The minimum absolute atomic E-state index is 0.302.